The molecule has 0 saturated carbocycles. The molecule has 0 rings (SSSR count). The van der Waals surface area contributed by atoms with Crippen molar-refractivity contribution in [2.45, 2.75) is 225 Å². The van der Waals surface area contributed by atoms with Crippen LogP contribution in [-0.4, -0.2) is 95.0 Å². The number of rotatable bonds is 49. The third-order valence-electron chi connectivity index (χ3n) is 10.6. The summed E-state index contributed by atoms with van der Waals surface area (Å²) in [4.78, 5) is 43.8. The number of phosphoric acid groups is 2. The van der Waals surface area contributed by atoms with Crippen LogP contribution in [0.3, 0.4) is 0 Å². The van der Waals surface area contributed by atoms with E-state index in [1.165, 1.54) is 103 Å². The Balaban J connectivity index is 3.87. The van der Waals surface area contributed by atoms with E-state index in [0.29, 0.717) is 12.8 Å². The van der Waals surface area contributed by atoms with E-state index in [1.807, 2.05) is 0 Å². The van der Waals surface area contributed by atoms with E-state index in [9.17, 15) is 43.8 Å². The maximum atomic E-state index is 12.2. The molecular formula is C49H92O15P2. The molecule has 0 bridgehead atoms. The van der Waals surface area contributed by atoms with Crippen molar-refractivity contribution in [2.24, 2.45) is 0 Å². The van der Waals surface area contributed by atoms with Gasteiger partial charge < -0.3 is 34.6 Å². The summed E-state index contributed by atoms with van der Waals surface area (Å²) in [7, 11) is -9.57. The van der Waals surface area contributed by atoms with Crippen molar-refractivity contribution in [1.29, 1.82) is 0 Å². The molecule has 0 aromatic carbocycles. The van der Waals surface area contributed by atoms with Crippen molar-refractivity contribution in [1.82, 2.24) is 0 Å². The van der Waals surface area contributed by atoms with Gasteiger partial charge in [0.1, 0.15) is 31.5 Å². The number of hydrogen-bond acceptors (Lipinski definition) is 13. The van der Waals surface area contributed by atoms with Crippen molar-refractivity contribution in [3.8, 4) is 0 Å². The van der Waals surface area contributed by atoms with Gasteiger partial charge in [0.05, 0.1) is 26.4 Å². The monoisotopic (exact) mass is 983 g/mol. The van der Waals surface area contributed by atoms with Gasteiger partial charge in [-0.2, -0.15) is 0 Å². The van der Waals surface area contributed by atoms with Gasteiger partial charge in [0.15, 0.2) is 0 Å². The van der Waals surface area contributed by atoms with Gasteiger partial charge in [0.2, 0.25) is 0 Å². The van der Waals surface area contributed by atoms with E-state index in [4.69, 9.17) is 9.47 Å². The van der Waals surface area contributed by atoms with Gasteiger partial charge in [-0.15, -0.1) is 0 Å². The van der Waals surface area contributed by atoms with Crippen molar-refractivity contribution >= 4 is 27.6 Å². The average Bonchev–Trinajstić information content (AvgIpc) is 3.29. The first-order valence-electron chi connectivity index (χ1n) is 25.3. The minimum atomic E-state index is -4.79. The molecule has 17 heteroatoms. The number of phosphoric ester groups is 2. The van der Waals surface area contributed by atoms with E-state index in [0.717, 1.165) is 64.2 Å². The average molecular weight is 983 g/mol. The maximum absolute atomic E-state index is 12.2. The third-order valence-corrected chi connectivity index (χ3v) is 12.5. The van der Waals surface area contributed by atoms with Crippen LogP contribution < -0.4 is 0 Å². The lowest BCUT2D eigenvalue weighted by Gasteiger charge is -2.19. The SMILES string of the molecule is CCCCC/C=C\C/C=C\CCCCCCCCCC(=O)OCC(O)COP(=O)(O)OCC(O)COP(=O)(O)OCC(O)COC(=O)CCCCCCCCC/C=C/CCCCCCCC. The normalized spacial score (nSPS) is 15.3. The molecule has 0 aromatic rings. The maximum Gasteiger partial charge on any atom is 0.472 e. The zero-order valence-electron chi connectivity index (χ0n) is 40.9. The van der Waals surface area contributed by atoms with Crippen LogP contribution in [0, 0.1) is 0 Å². The van der Waals surface area contributed by atoms with Crippen molar-refractivity contribution in [3.63, 3.8) is 0 Å². The van der Waals surface area contributed by atoms with Crippen LogP contribution in [-0.2, 0) is 46.3 Å². The van der Waals surface area contributed by atoms with E-state index in [1.54, 1.807) is 0 Å². The summed E-state index contributed by atoms with van der Waals surface area (Å²) in [6.07, 6.45) is 41.2. The molecule has 0 radical (unpaired) electrons. The number of esters is 2. The molecule has 0 aliphatic rings. The van der Waals surface area contributed by atoms with E-state index in [-0.39, 0.29) is 12.8 Å². The molecule has 0 aliphatic carbocycles. The minimum absolute atomic E-state index is 0.188. The first-order valence-corrected chi connectivity index (χ1v) is 28.3. The van der Waals surface area contributed by atoms with Crippen molar-refractivity contribution in [3.05, 3.63) is 36.5 Å². The lowest BCUT2D eigenvalue weighted by Crippen LogP contribution is -2.25. The highest BCUT2D eigenvalue weighted by Gasteiger charge is 2.28. The van der Waals surface area contributed by atoms with Gasteiger partial charge in [0.25, 0.3) is 0 Å². The van der Waals surface area contributed by atoms with Crippen LogP contribution in [0.5, 0.6) is 0 Å². The Hall–Kier alpha value is -1.74. The predicted molar refractivity (Wildman–Crippen MR) is 261 cm³/mol. The molecule has 0 heterocycles. The Morgan fingerprint density at radius 2 is 0.652 bits per heavy atom. The molecule has 0 aliphatic heterocycles. The van der Waals surface area contributed by atoms with Gasteiger partial charge >= 0.3 is 27.6 Å². The van der Waals surface area contributed by atoms with Gasteiger partial charge in [-0.1, -0.05) is 159 Å². The Labute approximate surface area is 398 Å². The van der Waals surface area contributed by atoms with Crippen molar-refractivity contribution in [2.75, 3.05) is 39.6 Å². The van der Waals surface area contributed by atoms with E-state index in [2.05, 4.69) is 68.4 Å². The second-order valence-corrected chi connectivity index (χ2v) is 20.1. The molecule has 0 fully saturated rings. The molecule has 5 unspecified atom stereocenters. The van der Waals surface area contributed by atoms with Crippen LogP contribution in [0.25, 0.3) is 0 Å². The molecule has 5 N–H and O–H groups in total. The molecule has 5 atom stereocenters. The molecule has 15 nitrogen and oxygen atoms in total. The van der Waals surface area contributed by atoms with Crippen LogP contribution in [0.2, 0.25) is 0 Å². The van der Waals surface area contributed by atoms with Gasteiger partial charge in [-0.25, -0.2) is 9.13 Å². The fourth-order valence-electron chi connectivity index (χ4n) is 6.59. The number of carbonyl (C=O) groups is 2. The summed E-state index contributed by atoms with van der Waals surface area (Å²) in [5.41, 5.74) is 0. The largest absolute Gasteiger partial charge is 0.472 e. The fourth-order valence-corrected chi connectivity index (χ4v) is 8.18. The second-order valence-electron chi connectivity index (χ2n) is 17.2. The van der Waals surface area contributed by atoms with Gasteiger partial charge in [-0.3, -0.25) is 27.7 Å². The summed E-state index contributed by atoms with van der Waals surface area (Å²) < 4.78 is 53.0. The predicted octanol–water partition coefficient (Wildman–Crippen LogP) is 11.8. The standard InChI is InChI=1S/C49H92O15P2/c1-3-5-7-9-11-13-15-17-19-21-23-25-27-29-31-33-35-37-48(53)59-39-45(50)41-61-65(55,56)63-43-47(52)44-64-66(57,58)62-42-46(51)40-60-49(54)38-36-34-32-30-28-26-24-22-20-18-16-14-12-10-8-6-4-2/h11,13,17-20,45-47,50-52H,3-10,12,14-16,21-44H2,1-2H3,(H,55,56)(H,57,58)/b13-11-,19-17-,20-18+. The first kappa shape index (κ1) is 64.3. The Morgan fingerprint density at radius 3 is 1.00 bits per heavy atom. The molecular weight excluding hydrogens is 890 g/mol. The Morgan fingerprint density at radius 1 is 0.394 bits per heavy atom. The summed E-state index contributed by atoms with van der Waals surface area (Å²) in [5.74, 6) is -1.00. The highest BCUT2D eigenvalue weighted by molar-refractivity contribution is 7.47. The Kier molecular flexibility index (Phi) is 44.5. The number of carbonyl (C=O) groups excluding carboxylic acids is 2. The van der Waals surface area contributed by atoms with Crippen LogP contribution in [0.4, 0.5) is 0 Å². The zero-order chi connectivity index (χ0) is 48.8. The van der Waals surface area contributed by atoms with Crippen LogP contribution in [0.15, 0.2) is 36.5 Å². The Bertz CT molecular complexity index is 1330. The van der Waals surface area contributed by atoms with Gasteiger partial charge in [0, 0.05) is 12.8 Å². The number of hydrogen-bond donors (Lipinski definition) is 5. The molecule has 0 amide bonds. The second kappa shape index (κ2) is 45.7. The highest BCUT2D eigenvalue weighted by Crippen LogP contribution is 2.45. The van der Waals surface area contributed by atoms with Crippen LogP contribution in [0.1, 0.15) is 206 Å². The summed E-state index contributed by atoms with van der Waals surface area (Å²) in [6.45, 7) is 0.398. The number of unbranched alkanes of at least 4 members (excludes halogenated alkanes) is 23. The topological polar surface area (TPSA) is 225 Å². The molecule has 66 heavy (non-hydrogen) atoms. The third kappa shape index (κ3) is 47.3. The summed E-state index contributed by atoms with van der Waals surface area (Å²) in [6, 6.07) is 0. The fraction of sp³-hybridized carbons (Fsp3) is 0.837. The number of aliphatic hydroxyl groups is 3. The quantitative estimate of drug-likeness (QED) is 0.0165. The number of ether oxygens (including phenoxy) is 2. The first-order chi connectivity index (χ1) is 31.8. The van der Waals surface area contributed by atoms with E-state index < -0.39 is 85.5 Å². The molecule has 0 spiro atoms. The van der Waals surface area contributed by atoms with E-state index >= 15 is 0 Å². The minimum Gasteiger partial charge on any atom is -0.463 e. The molecule has 0 aromatic heterocycles. The lowest BCUT2D eigenvalue weighted by atomic mass is 10.1. The summed E-state index contributed by atoms with van der Waals surface area (Å²) in [5, 5.41) is 30.1. The van der Waals surface area contributed by atoms with Crippen molar-refractivity contribution < 1.29 is 71.4 Å². The highest BCUT2D eigenvalue weighted by atomic mass is 31.2. The van der Waals surface area contributed by atoms with Crippen LogP contribution >= 0.6 is 15.6 Å². The number of allylic oxidation sites excluding steroid dienone is 6. The number of aliphatic hydroxyl groups excluding tert-OH is 3. The smallest absolute Gasteiger partial charge is 0.463 e. The lowest BCUT2D eigenvalue weighted by molar-refractivity contribution is -0.148. The molecule has 388 valence electrons. The summed E-state index contributed by atoms with van der Waals surface area (Å²) >= 11 is 0. The zero-order valence-corrected chi connectivity index (χ0v) is 42.7. The van der Waals surface area contributed by atoms with Gasteiger partial charge in [-0.05, 0) is 70.6 Å². The molecule has 0 saturated heterocycles.